The number of hydrogen-bond acceptors (Lipinski definition) is 6. The third-order valence-corrected chi connectivity index (χ3v) is 4.72. The molecule has 0 saturated carbocycles. The van der Waals surface area contributed by atoms with Crippen LogP contribution in [-0.4, -0.2) is 53.3 Å². The van der Waals surface area contributed by atoms with Crippen LogP contribution in [0.3, 0.4) is 0 Å². The Morgan fingerprint density at radius 1 is 0.969 bits per heavy atom. The lowest BCUT2D eigenvalue weighted by molar-refractivity contribution is -0.148. The van der Waals surface area contributed by atoms with Crippen molar-refractivity contribution >= 4 is 40.5 Å². The van der Waals surface area contributed by atoms with E-state index in [2.05, 4.69) is 10.6 Å². The van der Waals surface area contributed by atoms with Gasteiger partial charge in [0.25, 0.3) is 17.7 Å². The van der Waals surface area contributed by atoms with E-state index in [1.165, 1.54) is 0 Å². The first-order valence-corrected chi connectivity index (χ1v) is 10.2. The minimum absolute atomic E-state index is 0.0394. The summed E-state index contributed by atoms with van der Waals surface area (Å²) >= 11 is 0. The second-order valence-corrected chi connectivity index (χ2v) is 8.49. The molecule has 0 aliphatic carbocycles. The summed E-state index contributed by atoms with van der Waals surface area (Å²) in [6, 6.07) is 9.88. The van der Waals surface area contributed by atoms with E-state index in [0.717, 1.165) is 10.3 Å². The fourth-order valence-electron chi connectivity index (χ4n) is 3.42. The van der Waals surface area contributed by atoms with Gasteiger partial charge in [0, 0.05) is 35.0 Å². The molecule has 1 aliphatic rings. The maximum Gasteiger partial charge on any atom is 0.321 e. The predicted octanol–water partition coefficient (Wildman–Crippen LogP) is 2.38. The van der Waals surface area contributed by atoms with Gasteiger partial charge in [0.15, 0.2) is 6.61 Å². The summed E-state index contributed by atoms with van der Waals surface area (Å²) in [5.41, 5.74) is 0.382. The molecule has 0 fully saturated rings. The van der Waals surface area contributed by atoms with E-state index in [1.807, 2.05) is 12.1 Å². The van der Waals surface area contributed by atoms with Crippen molar-refractivity contribution in [3.63, 3.8) is 0 Å². The zero-order chi connectivity index (χ0) is 23.5. The standard InChI is InChI=1S/C23H25N3O6/c1-23(2,3)25-22(31)24-17(27)13-32-18(28)11-6-12-26-20(29)15-9-4-7-14-8-5-10-16(19(14)15)21(26)30/h4-5,7-10H,6,11-13H2,1-3H3,(H2,24,25,27,31). The van der Waals surface area contributed by atoms with E-state index < -0.39 is 41.9 Å². The quantitative estimate of drug-likeness (QED) is 0.526. The normalized spacial score (nSPS) is 13.2. The minimum Gasteiger partial charge on any atom is -0.456 e. The van der Waals surface area contributed by atoms with Crippen molar-refractivity contribution in [2.24, 2.45) is 0 Å². The van der Waals surface area contributed by atoms with Crippen LogP contribution in [0.15, 0.2) is 36.4 Å². The first kappa shape index (κ1) is 22.9. The lowest BCUT2D eigenvalue weighted by atomic mass is 9.94. The molecule has 32 heavy (non-hydrogen) atoms. The highest BCUT2D eigenvalue weighted by atomic mass is 16.5. The summed E-state index contributed by atoms with van der Waals surface area (Å²) in [6.45, 7) is 4.71. The molecule has 0 spiro atoms. The molecule has 5 amide bonds. The minimum atomic E-state index is -0.758. The number of carbonyl (C=O) groups is 5. The van der Waals surface area contributed by atoms with Crippen LogP contribution in [-0.2, 0) is 14.3 Å². The summed E-state index contributed by atoms with van der Waals surface area (Å²) in [4.78, 5) is 62.0. The lowest BCUT2D eigenvalue weighted by Crippen LogP contribution is -2.49. The molecule has 0 saturated heterocycles. The first-order chi connectivity index (χ1) is 15.1. The zero-order valence-electron chi connectivity index (χ0n) is 18.2. The van der Waals surface area contributed by atoms with Gasteiger partial charge in [-0.2, -0.15) is 0 Å². The van der Waals surface area contributed by atoms with Crippen molar-refractivity contribution in [2.75, 3.05) is 13.2 Å². The van der Waals surface area contributed by atoms with Crippen molar-refractivity contribution in [3.8, 4) is 0 Å². The number of ether oxygens (including phenoxy) is 1. The third-order valence-electron chi connectivity index (χ3n) is 4.72. The summed E-state index contributed by atoms with van der Waals surface area (Å²) in [5, 5.41) is 6.08. The van der Waals surface area contributed by atoms with E-state index in [9.17, 15) is 24.0 Å². The summed E-state index contributed by atoms with van der Waals surface area (Å²) in [7, 11) is 0. The fraction of sp³-hybridized carbons (Fsp3) is 0.348. The van der Waals surface area contributed by atoms with Gasteiger partial charge in [-0.3, -0.25) is 29.4 Å². The van der Waals surface area contributed by atoms with Crippen LogP contribution < -0.4 is 10.6 Å². The summed E-state index contributed by atoms with van der Waals surface area (Å²) in [6.07, 6.45) is 0.0883. The van der Waals surface area contributed by atoms with Crippen LogP contribution in [0.5, 0.6) is 0 Å². The van der Waals surface area contributed by atoms with Gasteiger partial charge < -0.3 is 10.1 Å². The molecule has 0 bridgehead atoms. The molecular formula is C23H25N3O6. The molecular weight excluding hydrogens is 414 g/mol. The van der Waals surface area contributed by atoms with Gasteiger partial charge in [0.05, 0.1) is 0 Å². The van der Waals surface area contributed by atoms with Gasteiger partial charge in [-0.15, -0.1) is 0 Å². The topological polar surface area (TPSA) is 122 Å². The molecule has 0 unspecified atom stereocenters. The Morgan fingerprint density at radius 3 is 2.12 bits per heavy atom. The van der Waals surface area contributed by atoms with Crippen molar-refractivity contribution in [1.82, 2.24) is 15.5 Å². The Balaban J connectivity index is 1.49. The molecule has 9 nitrogen and oxygen atoms in total. The average molecular weight is 439 g/mol. The molecule has 0 radical (unpaired) electrons. The molecule has 168 valence electrons. The highest BCUT2D eigenvalue weighted by molar-refractivity contribution is 6.25. The van der Waals surface area contributed by atoms with E-state index in [-0.39, 0.29) is 19.4 Å². The van der Waals surface area contributed by atoms with Gasteiger partial charge in [0.1, 0.15) is 0 Å². The SMILES string of the molecule is CC(C)(C)NC(=O)NC(=O)COC(=O)CCCN1C(=O)c2cccc3cccc(c23)C1=O. The first-order valence-electron chi connectivity index (χ1n) is 10.2. The van der Waals surface area contributed by atoms with Crippen molar-refractivity contribution in [3.05, 3.63) is 47.5 Å². The number of rotatable bonds is 6. The molecule has 3 rings (SSSR count). The molecule has 1 aliphatic heterocycles. The Bertz CT molecular complexity index is 1050. The number of nitrogens with one attached hydrogen (secondary N) is 2. The molecule has 2 aromatic rings. The largest absolute Gasteiger partial charge is 0.456 e. The van der Waals surface area contributed by atoms with Crippen LogP contribution in [0.4, 0.5) is 4.79 Å². The average Bonchev–Trinajstić information content (AvgIpc) is 2.71. The lowest BCUT2D eigenvalue weighted by Gasteiger charge is -2.27. The van der Waals surface area contributed by atoms with E-state index in [0.29, 0.717) is 16.5 Å². The van der Waals surface area contributed by atoms with Gasteiger partial charge >= 0.3 is 12.0 Å². The Morgan fingerprint density at radius 2 is 1.56 bits per heavy atom. The van der Waals surface area contributed by atoms with Gasteiger partial charge in [-0.05, 0) is 44.7 Å². The van der Waals surface area contributed by atoms with E-state index in [1.54, 1.807) is 45.0 Å². The van der Waals surface area contributed by atoms with Crippen LogP contribution in [0.25, 0.3) is 10.8 Å². The fourth-order valence-corrected chi connectivity index (χ4v) is 3.42. The maximum absolute atomic E-state index is 12.8. The molecule has 2 N–H and O–H groups in total. The smallest absolute Gasteiger partial charge is 0.321 e. The van der Waals surface area contributed by atoms with Crippen molar-refractivity contribution < 1.29 is 28.7 Å². The van der Waals surface area contributed by atoms with E-state index >= 15 is 0 Å². The van der Waals surface area contributed by atoms with Crippen molar-refractivity contribution in [2.45, 2.75) is 39.2 Å². The number of urea groups is 1. The van der Waals surface area contributed by atoms with Gasteiger partial charge in [-0.1, -0.05) is 24.3 Å². The van der Waals surface area contributed by atoms with Crippen LogP contribution in [0.1, 0.15) is 54.3 Å². The third kappa shape index (κ3) is 5.29. The predicted molar refractivity (Wildman–Crippen MR) is 116 cm³/mol. The zero-order valence-corrected chi connectivity index (χ0v) is 18.2. The van der Waals surface area contributed by atoms with E-state index in [4.69, 9.17) is 4.74 Å². The number of benzene rings is 2. The summed E-state index contributed by atoms with van der Waals surface area (Å²) < 4.78 is 4.86. The highest BCUT2D eigenvalue weighted by Gasteiger charge is 2.32. The van der Waals surface area contributed by atoms with Crippen LogP contribution >= 0.6 is 0 Å². The molecule has 9 heteroatoms. The van der Waals surface area contributed by atoms with Crippen molar-refractivity contribution in [1.29, 1.82) is 0 Å². The van der Waals surface area contributed by atoms with Crippen LogP contribution in [0, 0.1) is 0 Å². The number of amides is 5. The second kappa shape index (κ2) is 9.17. The summed E-state index contributed by atoms with van der Waals surface area (Å²) in [5.74, 6) is -2.24. The van der Waals surface area contributed by atoms with Gasteiger partial charge in [-0.25, -0.2) is 4.79 Å². The second-order valence-electron chi connectivity index (χ2n) is 8.49. The maximum atomic E-state index is 12.8. The number of esters is 1. The highest BCUT2D eigenvalue weighted by Crippen LogP contribution is 2.30. The number of hydrogen-bond donors (Lipinski definition) is 2. The van der Waals surface area contributed by atoms with Gasteiger partial charge in [0.2, 0.25) is 0 Å². The molecule has 1 heterocycles. The number of carbonyl (C=O) groups excluding carboxylic acids is 5. The molecule has 2 aromatic carbocycles. The Hall–Kier alpha value is -3.75. The Kier molecular flexibility index (Phi) is 6.57. The molecule has 0 aromatic heterocycles. The Labute approximate surface area is 185 Å². The number of imide groups is 2. The van der Waals surface area contributed by atoms with Crippen LogP contribution in [0.2, 0.25) is 0 Å². The monoisotopic (exact) mass is 439 g/mol. The number of nitrogens with zero attached hydrogens (tertiary/aromatic N) is 1. The molecule has 0 atom stereocenters.